The van der Waals surface area contributed by atoms with Gasteiger partial charge in [-0.15, -0.1) is 0 Å². The summed E-state index contributed by atoms with van der Waals surface area (Å²) in [7, 11) is 2.12. The molecule has 0 unspecified atom stereocenters. The minimum Gasteiger partial charge on any atom is -0.377 e. The van der Waals surface area contributed by atoms with Crippen molar-refractivity contribution in [3.05, 3.63) is 28.2 Å². The Morgan fingerprint density at radius 2 is 2.10 bits per heavy atom. The lowest BCUT2D eigenvalue weighted by Crippen LogP contribution is -2.26. The van der Waals surface area contributed by atoms with E-state index in [9.17, 15) is 0 Å². The van der Waals surface area contributed by atoms with Gasteiger partial charge in [0.05, 0.1) is 12.7 Å². The number of anilines is 1. The lowest BCUT2D eigenvalue weighted by atomic mass is 10.1. The van der Waals surface area contributed by atoms with Crippen LogP contribution in [-0.2, 0) is 11.3 Å². The fourth-order valence-electron chi connectivity index (χ4n) is 1.99. The maximum absolute atomic E-state index is 5.63. The molecule has 0 aliphatic rings. The number of hydrogen-bond donors (Lipinski definition) is 1. The van der Waals surface area contributed by atoms with Crippen molar-refractivity contribution in [3.8, 4) is 0 Å². The Morgan fingerprint density at radius 3 is 2.75 bits per heavy atom. The van der Waals surface area contributed by atoms with Crippen molar-refractivity contribution in [2.24, 2.45) is 0 Å². The molecule has 0 aliphatic heterocycles. The maximum Gasteiger partial charge on any atom is 0.0644 e. The third-order valence-electron chi connectivity index (χ3n) is 3.08. The van der Waals surface area contributed by atoms with Crippen molar-refractivity contribution < 1.29 is 4.74 Å². The molecule has 1 N–H and O–H groups in total. The Hall–Kier alpha value is -0.580. The third kappa shape index (κ3) is 6.25. The zero-order valence-corrected chi connectivity index (χ0v) is 14.7. The van der Waals surface area contributed by atoms with E-state index in [2.05, 4.69) is 72.2 Å². The molecular formula is C16H27BrN2O. The highest BCUT2D eigenvalue weighted by molar-refractivity contribution is 9.10. The van der Waals surface area contributed by atoms with Gasteiger partial charge in [0.25, 0.3) is 0 Å². The molecule has 0 amide bonds. The van der Waals surface area contributed by atoms with Crippen LogP contribution < -0.4 is 10.2 Å². The van der Waals surface area contributed by atoms with Gasteiger partial charge in [-0.2, -0.15) is 0 Å². The van der Waals surface area contributed by atoms with Crippen LogP contribution >= 0.6 is 15.9 Å². The molecule has 114 valence electrons. The lowest BCUT2D eigenvalue weighted by Gasteiger charge is -2.23. The average Bonchev–Trinajstić information content (AvgIpc) is 2.40. The zero-order chi connectivity index (χ0) is 15.0. The minimum absolute atomic E-state index is 0.289. The van der Waals surface area contributed by atoms with E-state index in [1.807, 2.05) is 0 Å². The number of nitrogens with one attached hydrogen (secondary N) is 1. The van der Waals surface area contributed by atoms with Crippen molar-refractivity contribution in [2.45, 2.75) is 39.8 Å². The molecule has 0 bridgehead atoms. The third-order valence-corrected chi connectivity index (χ3v) is 3.57. The van der Waals surface area contributed by atoms with Gasteiger partial charge < -0.3 is 15.0 Å². The summed E-state index contributed by atoms with van der Waals surface area (Å²) < 4.78 is 6.75. The van der Waals surface area contributed by atoms with Gasteiger partial charge in [0.1, 0.15) is 0 Å². The van der Waals surface area contributed by atoms with E-state index in [4.69, 9.17) is 4.74 Å². The van der Waals surface area contributed by atoms with E-state index in [0.717, 1.165) is 37.1 Å². The largest absolute Gasteiger partial charge is 0.377 e. The van der Waals surface area contributed by atoms with Crippen LogP contribution in [0.4, 0.5) is 5.69 Å². The first-order valence-corrected chi connectivity index (χ1v) is 8.15. The molecule has 1 aromatic carbocycles. The first kappa shape index (κ1) is 17.5. The number of rotatable bonds is 9. The predicted octanol–water partition coefficient (Wildman–Crippen LogP) is 3.81. The summed E-state index contributed by atoms with van der Waals surface area (Å²) in [6.07, 6.45) is 1.45. The molecule has 3 nitrogen and oxygen atoms in total. The number of hydrogen-bond acceptors (Lipinski definition) is 3. The summed E-state index contributed by atoms with van der Waals surface area (Å²) in [5.74, 6) is 0. The quantitative estimate of drug-likeness (QED) is 0.690. The average molecular weight is 343 g/mol. The summed E-state index contributed by atoms with van der Waals surface area (Å²) in [6, 6.07) is 6.46. The topological polar surface area (TPSA) is 24.5 Å². The van der Waals surface area contributed by atoms with E-state index < -0.39 is 0 Å². The van der Waals surface area contributed by atoms with Crippen molar-refractivity contribution in [3.63, 3.8) is 0 Å². The van der Waals surface area contributed by atoms with Gasteiger partial charge in [0.2, 0.25) is 0 Å². The first-order chi connectivity index (χ1) is 9.54. The molecule has 0 saturated carbocycles. The van der Waals surface area contributed by atoms with Crippen molar-refractivity contribution in [1.29, 1.82) is 0 Å². The van der Waals surface area contributed by atoms with Crippen LogP contribution in [0.15, 0.2) is 22.7 Å². The number of ether oxygens (including phenoxy) is 1. The van der Waals surface area contributed by atoms with E-state index in [1.54, 1.807) is 0 Å². The summed E-state index contributed by atoms with van der Waals surface area (Å²) in [6.45, 7) is 9.93. The molecule has 0 spiro atoms. The normalized spacial score (nSPS) is 11.1. The van der Waals surface area contributed by atoms with E-state index >= 15 is 0 Å². The highest BCUT2D eigenvalue weighted by atomic mass is 79.9. The standard InChI is InChI=1S/C16H27BrN2O/c1-5-8-18-12-14-6-7-15(17)11-16(14)19(4)9-10-20-13(2)3/h6-7,11,13,18H,5,8-10,12H2,1-4H3. The molecule has 0 heterocycles. The highest BCUT2D eigenvalue weighted by Crippen LogP contribution is 2.24. The second-order valence-electron chi connectivity index (χ2n) is 5.29. The molecular weight excluding hydrogens is 316 g/mol. The van der Waals surface area contributed by atoms with Crippen molar-refractivity contribution in [1.82, 2.24) is 5.32 Å². The Labute approximate surface area is 131 Å². The summed E-state index contributed by atoms with van der Waals surface area (Å²) in [4.78, 5) is 2.26. The van der Waals surface area contributed by atoms with E-state index in [-0.39, 0.29) is 6.10 Å². The summed E-state index contributed by atoms with van der Waals surface area (Å²) >= 11 is 3.56. The van der Waals surface area contributed by atoms with Crippen molar-refractivity contribution >= 4 is 21.6 Å². The Bertz CT molecular complexity index is 396. The molecule has 0 fully saturated rings. The van der Waals surface area contributed by atoms with Crippen LogP contribution in [-0.4, -0.2) is 32.8 Å². The fraction of sp³-hybridized carbons (Fsp3) is 0.625. The summed E-state index contributed by atoms with van der Waals surface area (Å²) in [5, 5.41) is 3.47. The SMILES string of the molecule is CCCNCc1ccc(Br)cc1N(C)CCOC(C)C. The molecule has 0 radical (unpaired) electrons. The second-order valence-corrected chi connectivity index (χ2v) is 6.21. The Kier molecular flexibility index (Phi) is 8.19. The molecule has 0 aliphatic carbocycles. The zero-order valence-electron chi connectivity index (χ0n) is 13.1. The van der Waals surface area contributed by atoms with Crippen LogP contribution in [0.3, 0.4) is 0 Å². The van der Waals surface area contributed by atoms with Crippen LogP contribution in [0, 0.1) is 0 Å². The molecule has 1 rings (SSSR count). The smallest absolute Gasteiger partial charge is 0.0644 e. The van der Waals surface area contributed by atoms with Crippen LogP contribution in [0.5, 0.6) is 0 Å². The van der Waals surface area contributed by atoms with Gasteiger partial charge in [0.15, 0.2) is 0 Å². The summed E-state index contributed by atoms with van der Waals surface area (Å²) in [5.41, 5.74) is 2.59. The van der Waals surface area contributed by atoms with Gasteiger partial charge in [-0.25, -0.2) is 0 Å². The number of likely N-dealkylation sites (N-methyl/N-ethyl adjacent to an activating group) is 1. The Balaban J connectivity index is 2.66. The maximum atomic E-state index is 5.63. The monoisotopic (exact) mass is 342 g/mol. The molecule has 0 aromatic heterocycles. The molecule has 4 heteroatoms. The lowest BCUT2D eigenvalue weighted by molar-refractivity contribution is 0.0846. The van der Waals surface area contributed by atoms with Gasteiger partial charge in [-0.3, -0.25) is 0 Å². The van der Waals surface area contributed by atoms with Crippen LogP contribution in [0.2, 0.25) is 0 Å². The first-order valence-electron chi connectivity index (χ1n) is 7.36. The van der Waals surface area contributed by atoms with Gasteiger partial charge in [0, 0.05) is 30.3 Å². The molecule has 1 aromatic rings. The van der Waals surface area contributed by atoms with Gasteiger partial charge in [-0.05, 0) is 44.5 Å². The van der Waals surface area contributed by atoms with E-state index in [0.29, 0.717) is 0 Å². The fourth-order valence-corrected chi connectivity index (χ4v) is 2.34. The second kappa shape index (κ2) is 9.37. The number of halogens is 1. The predicted molar refractivity (Wildman–Crippen MR) is 90.5 cm³/mol. The molecule has 0 saturated heterocycles. The van der Waals surface area contributed by atoms with Crippen LogP contribution in [0.25, 0.3) is 0 Å². The van der Waals surface area contributed by atoms with Crippen molar-refractivity contribution in [2.75, 3.05) is 31.6 Å². The van der Waals surface area contributed by atoms with Gasteiger partial charge >= 0.3 is 0 Å². The number of benzene rings is 1. The molecule has 20 heavy (non-hydrogen) atoms. The highest BCUT2D eigenvalue weighted by Gasteiger charge is 2.08. The molecule has 0 atom stereocenters. The minimum atomic E-state index is 0.289. The van der Waals surface area contributed by atoms with Gasteiger partial charge in [-0.1, -0.05) is 28.9 Å². The van der Waals surface area contributed by atoms with Crippen LogP contribution in [0.1, 0.15) is 32.8 Å². The number of nitrogens with zero attached hydrogens (tertiary/aromatic N) is 1. The van der Waals surface area contributed by atoms with E-state index in [1.165, 1.54) is 11.3 Å². The Morgan fingerprint density at radius 1 is 1.35 bits per heavy atom.